The molecule has 3 aromatic rings. The maximum Gasteiger partial charge on any atom is 0.264 e. The van der Waals surface area contributed by atoms with Crippen LogP contribution < -0.4 is 15.1 Å². The molecule has 2 N–H and O–H groups in total. The summed E-state index contributed by atoms with van der Waals surface area (Å²) >= 11 is 0. The number of likely N-dealkylation sites (tertiary alicyclic amines) is 1. The van der Waals surface area contributed by atoms with Gasteiger partial charge in [0, 0.05) is 118 Å². The van der Waals surface area contributed by atoms with E-state index in [0.717, 1.165) is 87.8 Å². The molecule has 0 unspecified atom stereocenters. The Bertz CT molecular complexity index is 1890. The maximum absolute atomic E-state index is 14.5. The Labute approximate surface area is 302 Å². The number of amidine groups is 1. The number of rotatable bonds is 8. The number of aromatic nitrogens is 4. The van der Waals surface area contributed by atoms with E-state index in [9.17, 15) is 23.8 Å². The van der Waals surface area contributed by atoms with Crippen LogP contribution in [0.1, 0.15) is 73.4 Å². The molecule has 12 nitrogen and oxygen atoms in total. The Morgan fingerprint density at radius 3 is 2.48 bits per heavy atom. The summed E-state index contributed by atoms with van der Waals surface area (Å²) < 4.78 is 30.7. The SMILES string of the molecule is CC(=O)N1CCC(NC2CCC3(CC2)CN(C2CN(c4ncc(C=O)cn4)C2)C3)=C(C(=N)N2CCCc3cc(-c4cnn(C)c4)c(C(F)F)cc32)C1. The van der Waals surface area contributed by atoms with Gasteiger partial charge in [-0.15, -0.1) is 0 Å². The highest BCUT2D eigenvalue weighted by atomic mass is 19.3. The third-order valence-electron chi connectivity index (χ3n) is 11.9. The number of hydrogen-bond acceptors (Lipinski definition) is 9. The number of nitrogens with zero attached hydrogens (tertiary/aromatic N) is 8. The molecule has 274 valence electrons. The molecular formula is C38H46F2N10O2. The van der Waals surface area contributed by atoms with Crippen LogP contribution in [0.4, 0.5) is 20.4 Å². The summed E-state index contributed by atoms with van der Waals surface area (Å²) in [5.41, 5.74) is 5.27. The van der Waals surface area contributed by atoms with Gasteiger partial charge in [0.25, 0.3) is 6.43 Å². The van der Waals surface area contributed by atoms with E-state index >= 15 is 0 Å². The fourth-order valence-corrected chi connectivity index (χ4v) is 8.86. The first-order valence-electron chi connectivity index (χ1n) is 18.4. The first kappa shape index (κ1) is 34.4. The first-order valence-corrected chi connectivity index (χ1v) is 18.4. The highest BCUT2D eigenvalue weighted by Gasteiger charge is 2.49. The summed E-state index contributed by atoms with van der Waals surface area (Å²) in [6.45, 7) is 7.04. The smallest absolute Gasteiger partial charge is 0.264 e. The molecule has 2 saturated heterocycles. The molecule has 1 saturated carbocycles. The number of alkyl halides is 2. The van der Waals surface area contributed by atoms with Crippen LogP contribution in [-0.4, -0.2) is 105 Å². The molecule has 0 radical (unpaired) electrons. The number of nitrogens with one attached hydrogen (secondary N) is 2. The highest BCUT2D eigenvalue weighted by Crippen LogP contribution is 2.46. The van der Waals surface area contributed by atoms with Crippen molar-refractivity contribution in [1.82, 2.24) is 34.9 Å². The minimum absolute atomic E-state index is 0.0310. The molecule has 1 spiro atoms. The third-order valence-corrected chi connectivity index (χ3v) is 11.9. The van der Waals surface area contributed by atoms with Gasteiger partial charge in [-0.1, -0.05) is 0 Å². The van der Waals surface area contributed by atoms with Gasteiger partial charge < -0.3 is 20.0 Å². The molecular weight excluding hydrogens is 666 g/mol. The highest BCUT2D eigenvalue weighted by molar-refractivity contribution is 6.09. The normalized spacial score (nSPS) is 20.9. The van der Waals surface area contributed by atoms with E-state index in [1.165, 1.54) is 0 Å². The number of fused-ring (bicyclic) bond motifs is 1. The number of carbonyl (C=O) groups is 2. The van der Waals surface area contributed by atoms with Crippen molar-refractivity contribution in [1.29, 1.82) is 5.41 Å². The lowest BCUT2D eigenvalue weighted by atomic mass is 9.66. The average molecular weight is 713 g/mol. The standard InChI is InChI=1S/C38H46F2N10O2/c1-24(52)47-11-7-33(45-28-5-8-38(9-6-28)22-49(23-38)29-18-48(19-29)37-42-14-25(21-51)15-43-37)32(20-47)36(41)50-10-3-4-26-12-30(27-16-44-46(2)17-27)31(35(39)40)13-34(26)50/h12-17,21,28-29,35,41,45H,3-11,18-20,22-23H2,1-2H3. The summed E-state index contributed by atoms with van der Waals surface area (Å²) in [4.78, 5) is 40.5. The number of aldehydes is 1. The Hall–Kier alpha value is -4.72. The first-order chi connectivity index (χ1) is 25.1. The Morgan fingerprint density at radius 1 is 1.08 bits per heavy atom. The van der Waals surface area contributed by atoms with Crippen LogP contribution in [0.5, 0.6) is 0 Å². The van der Waals surface area contributed by atoms with E-state index in [4.69, 9.17) is 0 Å². The molecule has 6 heterocycles. The number of halogens is 2. The van der Waals surface area contributed by atoms with Crippen molar-refractivity contribution in [3.8, 4) is 11.1 Å². The van der Waals surface area contributed by atoms with Crippen molar-refractivity contribution >= 4 is 29.7 Å². The summed E-state index contributed by atoms with van der Waals surface area (Å²) in [7, 11) is 1.77. The Kier molecular flexibility index (Phi) is 9.04. The number of benzene rings is 1. The summed E-state index contributed by atoms with van der Waals surface area (Å²) in [5, 5.41) is 17.6. The molecule has 0 atom stereocenters. The maximum atomic E-state index is 14.5. The van der Waals surface area contributed by atoms with E-state index in [1.807, 2.05) is 11.0 Å². The molecule has 8 rings (SSSR count). The van der Waals surface area contributed by atoms with E-state index in [1.54, 1.807) is 54.4 Å². The van der Waals surface area contributed by atoms with Crippen LogP contribution in [0.3, 0.4) is 0 Å². The van der Waals surface area contributed by atoms with Gasteiger partial charge in [-0.05, 0) is 67.2 Å². The van der Waals surface area contributed by atoms with Crippen molar-refractivity contribution in [2.75, 3.05) is 55.6 Å². The monoisotopic (exact) mass is 712 g/mol. The van der Waals surface area contributed by atoms with E-state index in [0.29, 0.717) is 65.8 Å². The minimum atomic E-state index is -2.68. The molecule has 4 aliphatic heterocycles. The molecule has 5 aliphatic rings. The van der Waals surface area contributed by atoms with Crippen LogP contribution >= 0.6 is 0 Å². The molecule has 0 bridgehead atoms. The van der Waals surface area contributed by atoms with Crippen LogP contribution in [-0.2, 0) is 18.3 Å². The van der Waals surface area contributed by atoms with Crippen LogP contribution in [0, 0.1) is 10.8 Å². The quantitative estimate of drug-likeness (QED) is 0.196. The lowest BCUT2D eigenvalue weighted by Crippen LogP contribution is -2.69. The van der Waals surface area contributed by atoms with Gasteiger partial charge in [-0.3, -0.25) is 24.6 Å². The zero-order valence-electron chi connectivity index (χ0n) is 29.8. The molecule has 3 fully saturated rings. The number of aryl methyl sites for hydroxylation is 2. The number of hydrogen-bond donors (Lipinski definition) is 2. The topological polar surface area (TPSA) is 127 Å². The van der Waals surface area contributed by atoms with Crippen LogP contribution in [0.2, 0.25) is 0 Å². The van der Waals surface area contributed by atoms with Crippen LogP contribution in [0.15, 0.2) is 48.2 Å². The fourth-order valence-electron chi connectivity index (χ4n) is 8.86. The van der Waals surface area contributed by atoms with Gasteiger partial charge in [-0.25, -0.2) is 18.7 Å². The zero-order chi connectivity index (χ0) is 36.1. The van der Waals surface area contributed by atoms with E-state index < -0.39 is 6.43 Å². The number of amides is 1. The van der Waals surface area contributed by atoms with Crippen molar-refractivity contribution < 1.29 is 18.4 Å². The van der Waals surface area contributed by atoms with Gasteiger partial charge >= 0.3 is 0 Å². The van der Waals surface area contributed by atoms with Crippen molar-refractivity contribution in [3.63, 3.8) is 0 Å². The number of carbonyl (C=O) groups excluding carboxylic acids is 2. The van der Waals surface area contributed by atoms with Crippen molar-refractivity contribution in [2.24, 2.45) is 12.5 Å². The predicted octanol–water partition coefficient (Wildman–Crippen LogP) is 4.59. The molecule has 1 amide bonds. The Balaban J connectivity index is 0.939. The predicted molar refractivity (Wildman–Crippen MR) is 194 cm³/mol. The zero-order valence-corrected chi connectivity index (χ0v) is 29.8. The Morgan fingerprint density at radius 2 is 1.83 bits per heavy atom. The van der Waals surface area contributed by atoms with E-state index in [2.05, 4.69) is 30.2 Å². The van der Waals surface area contributed by atoms with Gasteiger partial charge in [0.15, 0.2) is 6.29 Å². The van der Waals surface area contributed by atoms with Gasteiger partial charge in [0.05, 0.1) is 18.3 Å². The second-order valence-corrected chi connectivity index (χ2v) is 15.3. The summed E-state index contributed by atoms with van der Waals surface area (Å²) in [5.74, 6) is 0.929. The molecule has 1 aromatic carbocycles. The fraction of sp³-hybridized carbons (Fsp3) is 0.526. The minimum Gasteiger partial charge on any atom is -0.385 e. The lowest BCUT2D eigenvalue weighted by Gasteiger charge is -2.59. The summed E-state index contributed by atoms with van der Waals surface area (Å²) in [6.07, 6.45) is 11.1. The van der Waals surface area contributed by atoms with Gasteiger partial charge in [-0.2, -0.15) is 5.10 Å². The van der Waals surface area contributed by atoms with E-state index in [-0.39, 0.29) is 23.3 Å². The van der Waals surface area contributed by atoms with Crippen LogP contribution in [0.25, 0.3) is 11.1 Å². The molecule has 1 aliphatic carbocycles. The second kappa shape index (κ2) is 13.7. The lowest BCUT2D eigenvalue weighted by molar-refractivity contribution is -0.128. The number of anilines is 2. The average Bonchev–Trinajstić information content (AvgIpc) is 3.56. The second-order valence-electron chi connectivity index (χ2n) is 15.3. The van der Waals surface area contributed by atoms with Gasteiger partial charge in [0.1, 0.15) is 5.84 Å². The molecule has 52 heavy (non-hydrogen) atoms. The van der Waals surface area contributed by atoms with Gasteiger partial charge in [0.2, 0.25) is 11.9 Å². The molecule has 14 heteroatoms. The van der Waals surface area contributed by atoms with Crippen molar-refractivity contribution in [3.05, 3.63) is 64.9 Å². The van der Waals surface area contributed by atoms with Crippen molar-refractivity contribution in [2.45, 2.75) is 70.4 Å². The third kappa shape index (κ3) is 6.45. The largest absolute Gasteiger partial charge is 0.385 e. The summed E-state index contributed by atoms with van der Waals surface area (Å²) in [6, 6.07) is 4.21. The molecule has 2 aromatic heterocycles.